The minimum atomic E-state index is -3.94. The Morgan fingerprint density at radius 1 is 1.19 bits per heavy atom. The van der Waals surface area contributed by atoms with Gasteiger partial charge in [-0.15, -0.1) is 0 Å². The van der Waals surface area contributed by atoms with E-state index in [0.29, 0.717) is 35.2 Å². The fourth-order valence-electron chi connectivity index (χ4n) is 3.43. The van der Waals surface area contributed by atoms with Crippen molar-refractivity contribution in [3.8, 4) is 0 Å². The average molecular weight is 464 g/mol. The number of halogens is 1. The maximum absolute atomic E-state index is 13.1. The van der Waals surface area contributed by atoms with Crippen LogP contribution in [0.3, 0.4) is 0 Å². The lowest BCUT2D eigenvalue weighted by Gasteiger charge is -2.30. The number of carboxylic acid groups (broad SMARTS) is 1. The Kier molecular flexibility index (Phi) is 5.63. The van der Waals surface area contributed by atoms with E-state index in [1.165, 1.54) is 4.90 Å². The molecule has 0 unspecified atom stereocenters. The summed E-state index contributed by atoms with van der Waals surface area (Å²) in [6.07, 6.45) is 1.17. The number of hydrogen-bond acceptors (Lipinski definition) is 6. The second kappa shape index (κ2) is 8.23. The summed E-state index contributed by atoms with van der Waals surface area (Å²) in [5.74, 6) is -2.29. The predicted octanol–water partition coefficient (Wildman–Crippen LogP) is 3.17. The molecule has 8 nitrogen and oxygen atoms in total. The molecule has 2 heterocycles. The number of benzene rings is 2. The highest BCUT2D eigenvalue weighted by Crippen LogP contribution is 2.29. The van der Waals surface area contributed by atoms with Crippen molar-refractivity contribution in [3.63, 3.8) is 0 Å². The molecular formula is C20H18FN3O5S2. The van der Waals surface area contributed by atoms with Crippen LogP contribution >= 0.6 is 11.3 Å². The second-order valence-electron chi connectivity index (χ2n) is 7.19. The molecule has 3 aromatic rings. The number of aromatic nitrogens is 1. The van der Waals surface area contributed by atoms with Crippen LogP contribution in [-0.4, -0.2) is 48.4 Å². The molecule has 0 radical (unpaired) electrons. The second-order valence-corrected chi connectivity index (χ2v) is 9.90. The summed E-state index contributed by atoms with van der Waals surface area (Å²) in [6.45, 7) is 0.656. The van der Waals surface area contributed by atoms with Crippen molar-refractivity contribution in [1.82, 2.24) is 9.88 Å². The molecule has 1 atom stereocenters. The Morgan fingerprint density at radius 3 is 2.65 bits per heavy atom. The van der Waals surface area contributed by atoms with Crippen molar-refractivity contribution >= 4 is 48.6 Å². The zero-order valence-corrected chi connectivity index (χ0v) is 17.7. The zero-order chi connectivity index (χ0) is 22.2. The molecule has 0 spiro atoms. The van der Waals surface area contributed by atoms with Crippen LogP contribution in [0.15, 0.2) is 47.4 Å². The number of carbonyl (C=O) groups excluding carboxylic acids is 1. The number of nitrogens with zero attached hydrogens (tertiary/aromatic N) is 2. The summed E-state index contributed by atoms with van der Waals surface area (Å²) in [5, 5.41) is 9.34. The third-order valence-corrected chi connectivity index (χ3v) is 7.46. The molecule has 31 heavy (non-hydrogen) atoms. The summed E-state index contributed by atoms with van der Waals surface area (Å²) in [5.41, 5.74) is 0.899. The van der Waals surface area contributed by atoms with Gasteiger partial charge in [-0.3, -0.25) is 14.3 Å². The lowest BCUT2D eigenvalue weighted by atomic mass is 9.97. The number of thiazole rings is 1. The molecule has 1 fully saturated rings. The summed E-state index contributed by atoms with van der Waals surface area (Å²) < 4.78 is 41.0. The Hall–Kier alpha value is -3.05. The quantitative estimate of drug-likeness (QED) is 0.600. The smallest absolute Gasteiger partial charge is 0.308 e. The maximum atomic E-state index is 13.1. The number of piperidine rings is 1. The van der Waals surface area contributed by atoms with Gasteiger partial charge in [-0.1, -0.05) is 11.3 Å². The van der Waals surface area contributed by atoms with Crippen molar-refractivity contribution in [2.75, 3.05) is 17.8 Å². The number of rotatable bonds is 5. The number of sulfonamides is 1. The molecule has 1 saturated heterocycles. The highest BCUT2D eigenvalue weighted by atomic mass is 32.2. The number of carbonyl (C=O) groups is 2. The molecule has 0 aliphatic carbocycles. The van der Waals surface area contributed by atoms with Crippen LogP contribution in [0.5, 0.6) is 0 Å². The van der Waals surface area contributed by atoms with E-state index in [9.17, 15) is 27.5 Å². The van der Waals surface area contributed by atoms with E-state index < -0.39 is 27.7 Å². The lowest BCUT2D eigenvalue weighted by Crippen LogP contribution is -2.42. The van der Waals surface area contributed by atoms with Crippen molar-refractivity contribution in [1.29, 1.82) is 0 Å². The van der Waals surface area contributed by atoms with Crippen LogP contribution in [-0.2, 0) is 14.8 Å². The van der Waals surface area contributed by atoms with Gasteiger partial charge in [-0.25, -0.2) is 17.8 Å². The first-order valence-corrected chi connectivity index (χ1v) is 11.7. The van der Waals surface area contributed by atoms with Gasteiger partial charge in [0.15, 0.2) is 5.13 Å². The van der Waals surface area contributed by atoms with E-state index in [2.05, 4.69) is 9.71 Å². The molecule has 1 aliphatic heterocycles. The Balaban J connectivity index is 1.55. The molecule has 2 aromatic carbocycles. The molecule has 1 aromatic heterocycles. The van der Waals surface area contributed by atoms with Gasteiger partial charge in [0.2, 0.25) is 0 Å². The van der Waals surface area contributed by atoms with Crippen molar-refractivity contribution in [2.45, 2.75) is 17.7 Å². The minimum Gasteiger partial charge on any atom is -0.481 e. The molecule has 11 heteroatoms. The lowest BCUT2D eigenvalue weighted by molar-refractivity contribution is -0.143. The van der Waals surface area contributed by atoms with Crippen LogP contribution in [0.1, 0.15) is 23.2 Å². The monoisotopic (exact) mass is 463 g/mol. The first-order valence-electron chi connectivity index (χ1n) is 9.44. The summed E-state index contributed by atoms with van der Waals surface area (Å²) in [6, 6.07) is 9.26. The van der Waals surface area contributed by atoms with Crippen molar-refractivity contribution < 1.29 is 27.5 Å². The number of carboxylic acids is 1. The third-order valence-electron chi connectivity index (χ3n) is 5.04. The highest BCUT2D eigenvalue weighted by Gasteiger charge is 2.29. The standard InChI is InChI=1S/C20H18FN3O5S2/c21-14-4-6-15(7-5-14)31(28,29)23-20-22-16-8-3-12(10-17(16)30-20)18(25)24-9-1-2-13(11-24)19(26)27/h3-8,10,13H,1-2,9,11H2,(H,22,23)(H,26,27)/t13-/m0/s1. The summed E-state index contributed by atoms with van der Waals surface area (Å²) in [7, 11) is -3.94. The molecule has 1 aliphatic rings. The number of fused-ring (bicyclic) bond motifs is 1. The van der Waals surface area contributed by atoms with Gasteiger partial charge in [-0.05, 0) is 55.3 Å². The Labute approximate surface area is 181 Å². The van der Waals surface area contributed by atoms with Crippen LogP contribution in [0, 0.1) is 11.7 Å². The van der Waals surface area contributed by atoms with E-state index in [-0.39, 0.29) is 22.5 Å². The van der Waals surface area contributed by atoms with Crippen molar-refractivity contribution in [2.24, 2.45) is 5.92 Å². The molecule has 2 N–H and O–H groups in total. The highest BCUT2D eigenvalue weighted by molar-refractivity contribution is 7.93. The number of hydrogen-bond donors (Lipinski definition) is 2. The van der Waals surface area contributed by atoms with Gasteiger partial charge >= 0.3 is 5.97 Å². The van der Waals surface area contributed by atoms with Crippen LogP contribution in [0.25, 0.3) is 10.2 Å². The molecular weight excluding hydrogens is 445 g/mol. The van der Waals surface area contributed by atoms with Gasteiger partial charge in [0, 0.05) is 18.7 Å². The first-order chi connectivity index (χ1) is 14.7. The molecule has 4 rings (SSSR count). The molecule has 0 bridgehead atoms. The minimum absolute atomic E-state index is 0.0953. The Bertz CT molecular complexity index is 1260. The van der Waals surface area contributed by atoms with Gasteiger partial charge in [0.05, 0.1) is 21.0 Å². The van der Waals surface area contributed by atoms with E-state index in [4.69, 9.17) is 0 Å². The number of likely N-dealkylation sites (tertiary alicyclic amines) is 1. The van der Waals surface area contributed by atoms with Crippen LogP contribution in [0.2, 0.25) is 0 Å². The number of nitrogens with one attached hydrogen (secondary N) is 1. The van der Waals surface area contributed by atoms with E-state index in [1.54, 1.807) is 18.2 Å². The Morgan fingerprint density at radius 2 is 1.94 bits per heavy atom. The van der Waals surface area contributed by atoms with E-state index in [1.807, 2.05) is 0 Å². The largest absolute Gasteiger partial charge is 0.481 e. The van der Waals surface area contributed by atoms with Gasteiger partial charge in [0.25, 0.3) is 15.9 Å². The third kappa shape index (κ3) is 4.52. The molecule has 1 amide bonds. The molecule has 0 saturated carbocycles. The molecule has 162 valence electrons. The van der Waals surface area contributed by atoms with Crippen molar-refractivity contribution in [3.05, 3.63) is 53.8 Å². The van der Waals surface area contributed by atoms with Gasteiger partial charge in [0.1, 0.15) is 5.82 Å². The first kappa shape index (κ1) is 21.2. The van der Waals surface area contributed by atoms with Crippen LogP contribution < -0.4 is 4.72 Å². The number of anilines is 1. The van der Waals surface area contributed by atoms with E-state index >= 15 is 0 Å². The summed E-state index contributed by atoms with van der Waals surface area (Å²) >= 11 is 1.07. The average Bonchev–Trinajstić information content (AvgIpc) is 3.14. The number of amides is 1. The normalized spacial score (nSPS) is 16.9. The fourth-order valence-corrected chi connectivity index (χ4v) is 5.57. The van der Waals surface area contributed by atoms with E-state index in [0.717, 1.165) is 35.6 Å². The SMILES string of the molecule is O=C(O)[C@H]1CCCN(C(=O)c2ccc3nc(NS(=O)(=O)c4ccc(F)cc4)sc3c2)C1. The predicted molar refractivity (Wildman–Crippen MR) is 113 cm³/mol. The number of aliphatic carboxylic acids is 1. The summed E-state index contributed by atoms with van der Waals surface area (Å²) in [4.78, 5) is 29.8. The van der Waals surface area contributed by atoms with Crippen LogP contribution in [0.4, 0.5) is 9.52 Å². The fraction of sp³-hybridized carbons (Fsp3) is 0.250. The zero-order valence-electron chi connectivity index (χ0n) is 16.1. The topological polar surface area (TPSA) is 117 Å². The van der Waals surface area contributed by atoms with Gasteiger partial charge in [-0.2, -0.15) is 0 Å². The maximum Gasteiger partial charge on any atom is 0.308 e. The van der Waals surface area contributed by atoms with Gasteiger partial charge < -0.3 is 10.0 Å².